The molecule has 1 unspecified atom stereocenters. The molecule has 0 radical (unpaired) electrons. The van der Waals surface area contributed by atoms with Crippen LogP contribution < -0.4 is 4.74 Å². The van der Waals surface area contributed by atoms with Crippen LogP contribution in [0.4, 0.5) is 4.39 Å². The molecule has 3 nitrogen and oxygen atoms in total. The third-order valence-electron chi connectivity index (χ3n) is 5.69. The van der Waals surface area contributed by atoms with E-state index in [1.54, 1.807) is 13.2 Å². The summed E-state index contributed by atoms with van der Waals surface area (Å²) >= 11 is 0. The summed E-state index contributed by atoms with van der Waals surface area (Å²) in [6, 6.07) is 12.4. The first-order chi connectivity index (χ1) is 12.6. The van der Waals surface area contributed by atoms with Gasteiger partial charge in [0.1, 0.15) is 5.82 Å². The summed E-state index contributed by atoms with van der Waals surface area (Å²) in [7, 11) is 1.61. The van der Waals surface area contributed by atoms with Gasteiger partial charge in [0, 0.05) is 12.1 Å². The first-order valence-electron chi connectivity index (χ1n) is 9.41. The number of nitrogens with zero attached hydrogens (tertiary/aromatic N) is 1. The Balaban J connectivity index is 1.53. The lowest BCUT2D eigenvalue weighted by atomic mass is 9.81. The van der Waals surface area contributed by atoms with Gasteiger partial charge in [-0.2, -0.15) is 0 Å². The van der Waals surface area contributed by atoms with Gasteiger partial charge < -0.3 is 14.7 Å². The van der Waals surface area contributed by atoms with Crippen LogP contribution in [-0.4, -0.2) is 36.8 Å². The smallest absolute Gasteiger partial charge is 0.163 e. The third-order valence-corrected chi connectivity index (χ3v) is 5.69. The highest BCUT2D eigenvalue weighted by Gasteiger charge is 2.27. The molecule has 2 aromatic rings. The van der Waals surface area contributed by atoms with E-state index in [2.05, 4.69) is 17.9 Å². The van der Waals surface area contributed by atoms with Crippen molar-refractivity contribution in [2.75, 3.05) is 26.7 Å². The molecule has 0 aliphatic carbocycles. The summed E-state index contributed by atoms with van der Waals surface area (Å²) in [4.78, 5) is 2.49. The quantitative estimate of drug-likeness (QED) is 0.820. The zero-order valence-electron chi connectivity index (χ0n) is 15.6. The van der Waals surface area contributed by atoms with Gasteiger partial charge in [0.15, 0.2) is 11.5 Å². The van der Waals surface area contributed by atoms with Crippen LogP contribution in [0.3, 0.4) is 0 Å². The Kier molecular flexibility index (Phi) is 6.15. The van der Waals surface area contributed by atoms with E-state index >= 15 is 0 Å². The lowest BCUT2D eigenvalue weighted by Crippen LogP contribution is -2.36. The molecule has 4 heteroatoms. The number of hydrogen-bond acceptors (Lipinski definition) is 3. The Labute approximate surface area is 155 Å². The molecule has 140 valence electrons. The summed E-state index contributed by atoms with van der Waals surface area (Å²) < 4.78 is 18.4. The van der Waals surface area contributed by atoms with Gasteiger partial charge in [-0.15, -0.1) is 0 Å². The van der Waals surface area contributed by atoms with Crippen molar-refractivity contribution < 1.29 is 14.2 Å². The number of phenolic OH excluding ortho intramolecular Hbond substituents is 1. The number of phenols is 1. The van der Waals surface area contributed by atoms with Crippen molar-refractivity contribution in [2.24, 2.45) is 5.92 Å². The molecule has 26 heavy (non-hydrogen) atoms. The van der Waals surface area contributed by atoms with Crippen LogP contribution in [-0.2, 0) is 6.42 Å². The highest BCUT2D eigenvalue weighted by molar-refractivity contribution is 5.47. The van der Waals surface area contributed by atoms with Crippen molar-refractivity contribution in [3.05, 3.63) is 59.4 Å². The molecular formula is C22H28FNO2. The predicted octanol–water partition coefficient (Wildman–Crippen LogP) is 4.60. The minimum atomic E-state index is -0.175. The third kappa shape index (κ3) is 4.36. The van der Waals surface area contributed by atoms with Gasteiger partial charge in [0.25, 0.3) is 0 Å². The monoisotopic (exact) mass is 357 g/mol. The Morgan fingerprint density at radius 3 is 2.50 bits per heavy atom. The molecule has 0 saturated carbocycles. The maximum absolute atomic E-state index is 13.0. The number of benzene rings is 2. The van der Waals surface area contributed by atoms with Gasteiger partial charge >= 0.3 is 0 Å². The fraction of sp³-hybridized carbons (Fsp3) is 0.455. The Hall–Kier alpha value is -2.07. The molecule has 0 aromatic heterocycles. The molecule has 1 atom stereocenters. The van der Waals surface area contributed by atoms with E-state index in [1.165, 1.54) is 17.7 Å². The van der Waals surface area contributed by atoms with Crippen LogP contribution in [0.5, 0.6) is 11.5 Å². The van der Waals surface area contributed by atoms with Gasteiger partial charge in [-0.3, -0.25) is 0 Å². The van der Waals surface area contributed by atoms with Crippen molar-refractivity contribution in [1.82, 2.24) is 4.90 Å². The normalized spacial score (nSPS) is 17.2. The number of aromatic hydroxyl groups is 1. The highest BCUT2D eigenvalue weighted by Crippen LogP contribution is 2.40. The lowest BCUT2D eigenvalue weighted by Gasteiger charge is -2.35. The molecule has 1 saturated heterocycles. The van der Waals surface area contributed by atoms with Crippen molar-refractivity contribution >= 4 is 0 Å². The predicted molar refractivity (Wildman–Crippen MR) is 102 cm³/mol. The number of likely N-dealkylation sites (tertiary alicyclic amines) is 1. The number of methoxy groups -OCH3 is 1. The van der Waals surface area contributed by atoms with Crippen LogP contribution >= 0.6 is 0 Å². The van der Waals surface area contributed by atoms with Crippen molar-refractivity contribution in [2.45, 2.75) is 32.1 Å². The molecule has 2 aromatic carbocycles. The number of halogens is 1. The first kappa shape index (κ1) is 18.7. The van der Waals surface area contributed by atoms with Crippen LogP contribution in [0.2, 0.25) is 0 Å². The largest absolute Gasteiger partial charge is 0.504 e. The molecule has 1 N–H and O–H groups in total. The molecule has 1 aliphatic rings. The number of rotatable bonds is 6. The molecule has 3 rings (SSSR count). The molecule has 1 fully saturated rings. The van der Waals surface area contributed by atoms with Crippen LogP contribution in [0.25, 0.3) is 0 Å². The molecular weight excluding hydrogens is 329 g/mol. The second kappa shape index (κ2) is 8.54. The SMILES string of the molecule is COc1c(O)cccc1C(C)C1CCN(CCc2ccc(F)cc2)CC1. The minimum absolute atomic E-state index is 0.175. The fourth-order valence-corrected chi connectivity index (χ4v) is 3.99. The summed E-state index contributed by atoms with van der Waals surface area (Å²) in [5.74, 6) is 1.60. The summed E-state index contributed by atoms with van der Waals surface area (Å²) in [5, 5.41) is 10.0. The van der Waals surface area contributed by atoms with E-state index in [-0.39, 0.29) is 11.6 Å². The van der Waals surface area contributed by atoms with Gasteiger partial charge in [-0.1, -0.05) is 31.2 Å². The highest BCUT2D eigenvalue weighted by atomic mass is 19.1. The number of hydrogen-bond donors (Lipinski definition) is 1. The van der Waals surface area contributed by atoms with Gasteiger partial charge in [-0.05, 0) is 68.0 Å². The number of piperidine rings is 1. The topological polar surface area (TPSA) is 32.7 Å². The van der Waals surface area contributed by atoms with Gasteiger partial charge in [-0.25, -0.2) is 4.39 Å². The van der Waals surface area contributed by atoms with Crippen molar-refractivity contribution in [1.29, 1.82) is 0 Å². The maximum atomic E-state index is 13.0. The maximum Gasteiger partial charge on any atom is 0.163 e. The second-order valence-corrected chi connectivity index (χ2v) is 7.24. The van der Waals surface area contributed by atoms with E-state index in [0.717, 1.165) is 44.5 Å². The molecule has 1 aliphatic heterocycles. The van der Waals surface area contributed by atoms with E-state index in [9.17, 15) is 9.50 Å². The number of para-hydroxylation sites is 1. The minimum Gasteiger partial charge on any atom is -0.504 e. The molecule has 0 amide bonds. The molecule has 1 heterocycles. The summed E-state index contributed by atoms with van der Waals surface area (Å²) in [6.07, 6.45) is 3.24. The second-order valence-electron chi connectivity index (χ2n) is 7.24. The van der Waals surface area contributed by atoms with Crippen LogP contribution in [0.15, 0.2) is 42.5 Å². The van der Waals surface area contributed by atoms with Crippen LogP contribution in [0, 0.1) is 11.7 Å². The van der Waals surface area contributed by atoms with E-state index in [0.29, 0.717) is 17.6 Å². The van der Waals surface area contributed by atoms with E-state index < -0.39 is 0 Å². The standard InChI is InChI=1S/C22H28FNO2/c1-16(20-4-3-5-21(25)22(20)26-2)18-11-14-24(15-12-18)13-10-17-6-8-19(23)9-7-17/h3-9,16,18,25H,10-15H2,1-2H3. The Morgan fingerprint density at radius 1 is 1.15 bits per heavy atom. The van der Waals surface area contributed by atoms with Crippen molar-refractivity contribution in [3.8, 4) is 11.5 Å². The Bertz CT molecular complexity index is 709. The first-order valence-corrected chi connectivity index (χ1v) is 9.41. The zero-order chi connectivity index (χ0) is 18.5. The van der Waals surface area contributed by atoms with Crippen molar-refractivity contribution in [3.63, 3.8) is 0 Å². The Morgan fingerprint density at radius 2 is 1.85 bits per heavy atom. The van der Waals surface area contributed by atoms with Crippen LogP contribution in [0.1, 0.15) is 36.8 Å². The van der Waals surface area contributed by atoms with E-state index in [4.69, 9.17) is 4.74 Å². The lowest BCUT2D eigenvalue weighted by molar-refractivity contribution is 0.172. The zero-order valence-corrected chi connectivity index (χ0v) is 15.6. The average Bonchev–Trinajstić information content (AvgIpc) is 2.67. The van der Waals surface area contributed by atoms with E-state index in [1.807, 2.05) is 18.2 Å². The fourth-order valence-electron chi connectivity index (χ4n) is 3.99. The number of ether oxygens (including phenoxy) is 1. The van der Waals surface area contributed by atoms with Gasteiger partial charge in [0.2, 0.25) is 0 Å². The molecule has 0 spiro atoms. The summed E-state index contributed by atoms with van der Waals surface area (Å²) in [6.45, 7) is 5.41. The molecule has 0 bridgehead atoms. The van der Waals surface area contributed by atoms with Gasteiger partial charge in [0.05, 0.1) is 7.11 Å². The summed E-state index contributed by atoms with van der Waals surface area (Å²) in [5.41, 5.74) is 2.28. The average molecular weight is 357 g/mol.